The van der Waals surface area contributed by atoms with Crippen LogP contribution in [0.5, 0.6) is 11.5 Å². The van der Waals surface area contributed by atoms with Crippen LogP contribution in [0.2, 0.25) is 0 Å². The Morgan fingerprint density at radius 2 is 0.848 bits per heavy atom. The number of halogens is 6. The highest BCUT2D eigenvalue weighted by atomic mass is 32.2. The number of hydrogen-bond acceptors (Lipinski definition) is 10. The Bertz CT molecular complexity index is 2570. The first-order valence-electron chi connectivity index (χ1n) is 20.8. The second-order valence-corrected chi connectivity index (χ2v) is 21.2. The fraction of sp³-hybridized carbons (Fsp3) is 0.391. The Morgan fingerprint density at radius 3 is 1.15 bits per heavy atom. The van der Waals surface area contributed by atoms with Crippen LogP contribution in [0.15, 0.2) is 119 Å². The standard InChI is InChI=1S/2C23H21F3N2O4S/c2*24-23(25,26)18-8-4-5-9-20(18)33(30,31)16-12-17(21(29)28-22(14-27)10-11-22)19(13-16)32-15-6-2-1-3-7-15/h2*1-9,16-17,19H,10-13H2,(H,28,29)/t2*16-,17-,19-/m10/s1. The van der Waals surface area contributed by atoms with E-state index in [0.717, 1.165) is 36.4 Å². The number of nitriles is 2. The molecule has 4 aromatic rings. The average molecular weight is 957 g/mol. The van der Waals surface area contributed by atoms with Crippen molar-refractivity contribution in [2.75, 3.05) is 0 Å². The third-order valence-corrected chi connectivity index (χ3v) is 16.6. The third kappa shape index (κ3) is 10.4. The molecule has 0 spiro atoms. The molecule has 2 N–H and O–H groups in total. The Kier molecular flexibility index (Phi) is 13.2. The molecule has 0 bridgehead atoms. The molecule has 4 aliphatic rings. The number of nitrogens with zero attached hydrogens (tertiary/aromatic N) is 2. The van der Waals surface area contributed by atoms with Crippen LogP contribution in [0.3, 0.4) is 0 Å². The van der Waals surface area contributed by atoms with Crippen molar-refractivity contribution in [2.24, 2.45) is 11.8 Å². The van der Waals surface area contributed by atoms with Gasteiger partial charge in [-0.15, -0.1) is 0 Å². The Hall–Kier alpha value is -6.12. The van der Waals surface area contributed by atoms with Gasteiger partial charge in [-0.3, -0.25) is 9.59 Å². The zero-order chi connectivity index (χ0) is 47.7. The van der Waals surface area contributed by atoms with E-state index < -0.39 is 110 Å². The number of sulfone groups is 2. The van der Waals surface area contributed by atoms with Gasteiger partial charge in [-0.05, 0) is 87.1 Å². The molecular formula is C46H42F6N4O8S2. The van der Waals surface area contributed by atoms with E-state index in [1.54, 1.807) is 60.7 Å². The van der Waals surface area contributed by atoms with Gasteiger partial charge in [0.25, 0.3) is 0 Å². The highest BCUT2D eigenvalue weighted by Crippen LogP contribution is 2.44. The van der Waals surface area contributed by atoms with Gasteiger partial charge in [0.2, 0.25) is 11.8 Å². The zero-order valence-corrected chi connectivity index (χ0v) is 36.4. The lowest BCUT2D eigenvalue weighted by atomic mass is 10.0. The van der Waals surface area contributed by atoms with Crippen LogP contribution in [0, 0.1) is 34.5 Å². The highest BCUT2D eigenvalue weighted by molar-refractivity contribution is 7.92. The van der Waals surface area contributed by atoms with Gasteiger partial charge in [0.15, 0.2) is 19.7 Å². The summed E-state index contributed by atoms with van der Waals surface area (Å²) in [6.45, 7) is 0. The molecule has 12 nitrogen and oxygen atoms in total. The molecule has 4 saturated carbocycles. The van der Waals surface area contributed by atoms with Crippen LogP contribution in [0.25, 0.3) is 0 Å². The molecule has 6 atom stereocenters. The number of hydrogen-bond donors (Lipinski definition) is 2. The van der Waals surface area contributed by atoms with Crippen LogP contribution < -0.4 is 20.1 Å². The van der Waals surface area contributed by atoms with E-state index in [4.69, 9.17) is 9.47 Å². The molecule has 2 amide bonds. The van der Waals surface area contributed by atoms with E-state index in [0.29, 0.717) is 37.2 Å². The normalized spacial score (nSPS) is 24.0. The van der Waals surface area contributed by atoms with Gasteiger partial charge < -0.3 is 20.1 Å². The van der Waals surface area contributed by atoms with Crippen molar-refractivity contribution < 1.29 is 62.2 Å². The van der Waals surface area contributed by atoms with Crippen LogP contribution in [0.4, 0.5) is 26.3 Å². The van der Waals surface area contributed by atoms with E-state index in [1.807, 2.05) is 12.1 Å². The number of ether oxygens (including phenoxy) is 2. The lowest BCUT2D eigenvalue weighted by Crippen LogP contribution is -2.43. The minimum absolute atomic E-state index is 0.152. The molecule has 4 fully saturated rings. The molecule has 8 rings (SSSR count). The first-order chi connectivity index (χ1) is 31.1. The maximum Gasteiger partial charge on any atom is 0.417 e. The number of rotatable bonds is 12. The van der Waals surface area contributed by atoms with Crippen LogP contribution in [-0.4, -0.2) is 62.4 Å². The molecule has 0 radical (unpaired) electrons. The number of carbonyl (C=O) groups excluding carboxylic acids is 2. The fourth-order valence-corrected chi connectivity index (χ4v) is 12.3. The van der Waals surface area contributed by atoms with E-state index in [-0.39, 0.29) is 25.7 Å². The Morgan fingerprint density at radius 1 is 0.530 bits per heavy atom. The zero-order valence-electron chi connectivity index (χ0n) is 34.8. The van der Waals surface area contributed by atoms with Crippen molar-refractivity contribution in [1.82, 2.24) is 10.6 Å². The number of alkyl halides is 6. The van der Waals surface area contributed by atoms with E-state index >= 15 is 0 Å². The van der Waals surface area contributed by atoms with Gasteiger partial charge in [-0.1, -0.05) is 60.7 Å². The molecule has 0 saturated heterocycles. The fourth-order valence-electron chi connectivity index (χ4n) is 8.27. The monoisotopic (exact) mass is 956 g/mol. The number of amides is 2. The minimum atomic E-state index is -4.84. The van der Waals surface area contributed by atoms with E-state index in [9.17, 15) is 63.3 Å². The number of carbonyl (C=O) groups is 2. The molecular weight excluding hydrogens is 915 g/mol. The van der Waals surface area contributed by atoms with Crippen LogP contribution in [0.1, 0.15) is 62.5 Å². The summed E-state index contributed by atoms with van der Waals surface area (Å²) in [5.74, 6) is -2.11. The molecule has 66 heavy (non-hydrogen) atoms. The van der Waals surface area contributed by atoms with Crippen molar-refractivity contribution in [3.8, 4) is 23.6 Å². The second kappa shape index (κ2) is 18.3. The smallest absolute Gasteiger partial charge is 0.417 e. The summed E-state index contributed by atoms with van der Waals surface area (Å²) in [5.41, 5.74) is -4.40. The van der Waals surface area contributed by atoms with Gasteiger partial charge in [-0.2, -0.15) is 36.9 Å². The van der Waals surface area contributed by atoms with Gasteiger partial charge in [-0.25, -0.2) is 16.8 Å². The first-order valence-corrected chi connectivity index (χ1v) is 23.9. The summed E-state index contributed by atoms with van der Waals surface area (Å²) >= 11 is 0. The number of para-hydroxylation sites is 2. The number of benzene rings is 4. The van der Waals surface area contributed by atoms with Gasteiger partial charge >= 0.3 is 12.4 Å². The molecule has 0 aromatic heterocycles. The maximum atomic E-state index is 13.5. The summed E-state index contributed by atoms with van der Waals surface area (Å²) < 4.78 is 146. The largest absolute Gasteiger partial charge is 0.490 e. The minimum Gasteiger partial charge on any atom is -0.490 e. The van der Waals surface area contributed by atoms with Gasteiger partial charge in [0.1, 0.15) is 34.8 Å². The predicted molar refractivity (Wildman–Crippen MR) is 223 cm³/mol. The lowest BCUT2D eigenvalue weighted by molar-refractivity contribution is -0.140. The van der Waals surface area contributed by atoms with E-state index in [1.165, 1.54) is 12.1 Å². The molecule has 348 valence electrons. The quantitative estimate of drug-likeness (QED) is 0.133. The lowest BCUT2D eigenvalue weighted by Gasteiger charge is -2.21. The molecule has 4 aliphatic carbocycles. The molecule has 0 heterocycles. The van der Waals surface area contributed by atoms with Crippen molar-refractivity contribution in [1.29, 1.82) is 10.5 Å². The van der Waals surface area contributed by atoms with Gasteiger partial charge in [0, 0.05) is 12.8 Å². The van der Waals surface area contributed by atoms with Crippen LogP contribution >= 0.6 is 0 Å². The highest BCUT2D eigenvalue weighted by Gasteiger charge is 2.53. The van der Waals surface area contributed by atoms with Crippen molar-refractivity contribution in [3.63, 3.8) is 0 Å². The summed E-state index contributed by atoms with van der Waals surface area (Å²) in [6.07, 6.45) is -10.2. The molecule has 4 aromatic carbocycles. The topological polar surface area (TPSA) is 193 Å². The summed E-state index contributed by atoms with van der Waals surface area (Å²) in [7, 11) is -8.85. The number of nitrogens with one attached hydrogen (secondary N) is 2. The third-order valence-electron chi connectivity index (χ3n) is 12.2. The van der Waals surface area contributed by atoms with E-state index in [2.05, 4.69) is 10.6 Å². The van der Waals surface area contributed by atoms with Crippen molar-refractivity contribution >= 4 is 31.5 Å². The Balaban J connectivity index is 0.000000196. The maximum absolute atomic E-state index is 13.5. The first kappa shape index (κ1) is 47.8. The van der Waals surface area contributed by atoms with Crippen LogP contribution in [-0.2, 0) is 41.6 Å². The summed E-state index contributed by atoms with van der Waals surface area (Å²) in [6, 6.07) is 29.1. The SMILES string of the molecule is N#CC1(NC(=O)[C@@H]2C[C@@H](S(=O)(=O)c3ccccc3C(F)(F)F)C[C@H]2Oc2ccccc2)CC1.N#CC1(NC(=O)[C@H]2C[C@H](S(=O)(=O)c3ccccc3C(F)(F)F)C[C@@H]2Oc2ccccc2)CC1. The molecule has 0 unspecified atom stereocenters. The average Bonchev–Trinajstić information content (AvgIpc) is 4.15. The summed E-state index contributed by atoms with van der Waals surface area (Å²) in [5, 5.41) is 21.4. The molecule has 20 heteroatoms. The van der Waals surface area contributed by atoms with Crippen molar-refractivity contribution in [2.45, 2.75) is 107 Å². The molecule has 0 aliphatic heterocycles. The van der Waals surface area contributed by atoms with Gasteiger partial charge in [0.05, 0.1) is 55.4 Å². The second-order valence-electron chi connectivity index (χ2n) is 16.8. The van der Waals surface area contributed by atoms with Crippen molar-refractivity contribution in [3.05, 3.63) is 120 Å². The predicted octanol–water partition coefficient (Wildman–Crippen LogP) is 7.76. The summed E-state index contributed by atoms with van der Waals surface area (Å²) in [4.78, 5) is 24.3. The Labute approximate surface area is 376 Å².